The fraction of sp³-hybridized carbons (Fsp3) is 0.833. The van der Waals surface area contributed by atoms with Crippen molar-refractivity contribution in [1.29, 1.82) is 0 Å². The molecule has 0 aromatic carbocycles. The molecule has 0 aliphatic carbocycles. The number of hydrogen-bond acceptors (Lipinski definition) is 2. The highest BCUT2D eigenvalue weighted by Crippen LogP contribution is 2.35. The lowest BCUT2D eigenvalue weighted by Crippen LogP contribution is -2.30. The number of ether oxygens (including phenoxy) is 1. The zero-order chi connectivity index (χ0) is 11.5. The fourth-order valence-corrected chi connectivity index (χ4v) is 3.33. The molecular weight excluding hydrogens is 208 g/mol. The second kappa shape index (κ2) is 5.26. The normalized spacial score (nSPS) is 21.3. The van der Waals surface area contributed by atoms with Gasteiger partial charge in [0.15, 0.2) is 0 Å². The maximum Gasteiger partial charge on any atom is 0.144 e. The Kier molecular flexibility index (Phi) is 4.53. The van der Waals surface area contributed by atoms with Crippen LogP contribution >= 0.6 is 10.5 Å². The molecule has 1 aliphatic heterocycles. The van der Waals surface area contributed by atoms with Crippen LogP contribution in [0.1, 0.15) is 33.6 Å². The Morgan fingerprint density at radius 1 is 1.47 bits per heavy atom. The van der Waals surface area contributed by atoms with Crippen molar-refractivity contribution in [2.24, 2.45) is 5.92 Å². The summed E-state index contributed by atoms with van der Waals surface area (Å²) < 4.78 is 5.08. The van der Waals surface area contributed by atoms with Crippen molar-refractivity contribution in [1.82, 2.24) is 0 Å². The Bertz CT molecular complexity index is 252. The SMILES string of the molecule is C=S(CC1CCOCC1)C(C)(C)C(C)=O. The van der Waals surface area contributed by atoms with E-state index in [-0.39, 0.29) is 21.0 Å². The molecule has 1 unspecified atom stereocenters. The van der Waals surface area contributed by atoms with Crippen LogP contribution in [-0.2, 0) is 9.53 Å². The number of carbonyl (C=O) groups excluding carboxylic acids is 1. The lowest BCUT2D eigenvalue weighted by molar-refractivity contribution is -0.118. The Labute approximate surface area is 95.3 Å². The summed E-state index contributed by atoms with van der Waals surface area (Å²) in [5.41, 5.74) is 0. The van der Waals surface area contributed by atoms with Gasteiger partial charge in [0.1, 0.15) is 5.78 Å². The van der Waals surface area contributed by atoms with Crippen molar-refractivity contribution in [3.63, 3.8) is 0 Å². The first-order valence-corrected chi connectivity index (χ1v) is 7.10. The van der Waals surface area contributed by atoms with Crippen LogP contribution in [0.3, 0.4) is 0 Å². The topological polar surface area (TPSA) is 26.3 Å². The standard InChI is InChI=1S/C12H22O2S/c1-10(13)12(2,3)15(4)9-11-5-7-14-8-6-11/h11H,4-9H2,1-3H3. The van der Waals surface area contributed by atoms with Crippen LogP contribution in [0.4, 0.5) is 0 Å². The molecule has 0 bridgehead atoms. The van der Waals surface area contributed by atoms with Crippen molar-refractivity contribution in [2.75, 3.05) is 19.0 Å². The smallest absolute Gasteiger partial charge is 0.144 e. The zero-order valence-corrected chi connectivity index (χ0v) is 10.9. The molecule has 1 aliphatic rings. The van der Waals surface area contributed by atoms with Crippen molar-refractivity contribution in [3.8, 4) is 0 Å². The van der Waals surface area contributed by atoms with Gasteiger partial charge in [-0.1, -0.05) is 5.87 Å². The predicted molar refractivity (Wildman–Crippen MR) is 67.9 cm³/mol. The van der Waals surface area contributed by atoms with E-state index in [0.29, 0.717) is 5.92 Å². The zero-order valence-electron chi connectivity index (χ0n) is 10.0. The number of rotatable bonds is 4. The number of ketones is 1. The Balaban J connectivity index is 2.50. The second-order valence-electron chi connectivity index (χ2n) is 4.78. The minimum atomic E-state index is -0.252. The molecule has 1 saturated heterocycles. The van der Waals surface area contributed by atoms with Crippen molar-refractivity contribution in [2.45, 2.75) is 38.4 Å². The van der Waals surface area contributed by atoms with E-state index in [1.54, 1.807) is 6.92 Å². The van der Waals surface area contributed by atoms with Crippen LogP contribution in [0.5, 0.6) is 0 Å². The highest BCUT2D eigenvalue weighted by molar-refractivity contribution is 8.15. The summed E-state index contributed by atoms with van der Waals surface area (Å²) in [7, 11) is -0.0631. The van der Waals surface area contributed by atoms with Gasteiger partial charge in [-0.2, -0.15) is 10.5 Å². The maximum absolute atomic E-state index is 11.5. The third kappa shape index (κ3) is 3.42. The summed E-state index contributed by atoms with van der Waals surface area (Å²) in [6, 6.07) is 0. The van der Waals surface area contributed by atoms with E-state index in [1.165, 1.54) is 0 Å². The molecule has 0 aromatic rings. The first-order chi connectivity index (χ1) is 6.94. The molecule has 2 nitrogen and oxygen atoms in total. The van der Waals surface area contributed by atoms with Crippen LogP contribution < -0.4 is 0 Å². The molecule has 15 heavy (non-hydrogen) atoms. The van der Waals surface area contributed by atoms with Gasteiger partial charge < -0.3 is 4.74 Å². The van der Waals surface area contributed by atoms with Gasteiger partial charge in [-0.25, -0.2) is 0 Å². The molecule has 1 rings (SSSR count). The molecule has 1 atom stereocenters. The maximum atomic E-state index is 11.5. The predicted octanol–water partition coefficient (Wildman–Crippen LogP) is 2.48. The quantitative estimate of drug-likeness (QED) is 0.694. The molecule has 3 heteroatoms. The second-order valence-corrected chi connectivity index (χ2v) is 7.12. The highest BCUT2D eigenvalue weighted by Gasteiger charge is 2.28. The van der Waals surface area contributed by atoms with E-state index in [2.05, 4.69) is 5.87 Å². The van der Waals surface area contributed by atoms with Gasteiger partial charge >= 0.3 is 0 Å². The summed E-state index contributed by atoms with van der Waals surface area (Å²) in [5, 5.41) is 0. The van der Waals surface area contributed by atoms with E-state index < -0.39 is 0 Å². The van der Waals surface area contributed by atoms with Gasteiger partial charge in [0, 0.05) is 13.2 Å². The van der Waals surface area contributed by atoms with E-state index >= 15 is 0 Å². The summed E-state index contributed by atoms with van der Waals surface area (Å²) in [6.45, 7) is 7.47. The molecule has 0 N–H and O–H groups in total. The van der Waals surface area contributed by atoms with Gasteiger partial charge in [0.2, 0.25) is 0 Å². The van der Waals surface area contributed by atoms with Gasteiger partial charge in [0.05, 0.1) is 4.75 Å². The van der Waals surface area contributed by atoms with Crippen molar-refractivity contribution >= 4 is 22.1 Å². The molecule has 0 spiro atoms. The van der Waals surface area contributed by atoms with Gasteiger partial charge in [0.25, 0.3) is 0 Å². The number of Topliss-reactive ketones (excluding diaryl/α,β-unsaturated/α-hetero) is 1. The molecule has 1 heterocycles. The minimum absolute atomic E-state index is 0.0631. The molecule has 1 fully saturated rings. The average molecular weight is 230 g/mol. The summed E-state index contributed by atoms with van der Waals surface area (Å²) >= 11 is 0. The van der Waals surface area contributed by atoms with Gasteiger partial charge in [-0.3, -0.25) is 4.79 Å². The summed E-state index contributed by atoms with van der Waals surface area (Å²) in [4.78, 5) is 11.5. The van der Waals surface area contributed by atoms with E-state index in [9.17, 15) is 4.79 Å². The van der Waals surface area contributed by atoms with E-state index in [1.807, 2.05) is 13.8 Å². The van der Waals surface area contributed by atoms with Crippen LogP contribution in [0.15, 0.2) is 0 Å². The van der Waals surface area contributed by atoms with Gasteiger partial charge in [-0.15, -0.1) is 0 Å². The molecule has 88 valence electrons. The Morgan fingerprint density at radius 3 is 2.47 bits per heavy atom. The molecule has 0 amide bonds. The monoisotopic (exact) mass is 230 g/mol. The number of carbonyl (C=O) groups is 1. The van der Waals surface area contributed by atoms with Gasteiger partial charge in [-0.05, 0) is 45.3 Å². The third-order valence-corrected chi connectivity index (χ3v) is 5.95. The first-order valence-electron chi connectivity index (χ1n) is 5.54. The van der Waals surface area contributed by atoms with Crippen LogP contribution in [0, 0.1) is 5.92 Å². The number of hydrogen-bond donors (Lipinski definition) is 0. The van der Waals surface area contributed by atoms with Crippen LogP contribution in [0.2, 0.25) is 0 Å². The van der Waals surface area contributed by atoms with Crippen LogP contribution in [-0.4, -0.2) is 35.4 Å². The first kappa shape index (κ1) is 12.9. The lowest BCUT2D eigenvalue weighted by Gasteiger charge is -2.30. The summed E-state index contributed by atoms with van der Waals surface area (Å²) in [5.74, 6) is 6.23. The van der Waals surface area contributed by atoms with Crippen molar-refractivity contribution < 1.29 is 9.53 Å². The summed E-state index contributed by atoms with van der Waals surface area (Å²) in [6.07, 6.45) is 2.26. The minimum Gasteiger partial charge on any atom is -0.381 e. The molecule has 0 saturated carbocycles. The Hall–Kier alpha value is -0.150. The lowest BCUT2D eigenvalue weighted by atomic mass is 10.0. The molecule has 0 aromatic heterocycles. The molecule has 0 radical (unpaired) electrons. The van der Waals surface area contributed by atoms with E-state index in [0.717, 1.165) is 31.8 Å². The van der Waals surface area contributed by atoms with E-state index in [4.69, 9.17) is 4.74 Å². The highest BCUT2D eigenvalue weighted by atomic mass is 32.2. The largest absolute Gasteiger partial charge is 0.381 e. The van der Waals surface area contributed by atoms with Crippen molar-refractivity contribution in [3.05, 3.63) is 0 Å². The third-order valence-electron chi connectivity index (χ3n) is 3.35. The average Bonchev–Trinajstić information content (AvgIpc) is 2.18. The molecular formula is C12H22O2S. The Morgan fingerprint density at radius 2 is 2.00 bits per heavy atom. The fourth-order valence-electron chi connectivity index (χ4n) is 1.61. The van der Waals surface area contributed by atoms with Crippen LogP contribution in [0.25, 0.3) is 0 Å².